The summed E-state index contributed by atoms with van der Waals surface area (Å²) in [6.45, 7) is 2.35. The van der Waals surface area contributed by atoms with Crippen LogP contribution in [0.5, 0.6) is 5.75 Å². The summed E-state index contributed by atoms with van der Waals surface area (Å²) in [6, 6.07) is 1.84. The zero-order valence-electron chi connectivity index (χ0n) is 8.79. The monoisotopic (exact) mass is 305 g/mol. The summed E-state index contributed by atoms with van der Waals surface area (Å²) in [4.78, 5) is 4.01. The number of pyridine rings is 1. The first kappa shape index (κ1) is 12.1. The Morgan fingerprint density at radius 1 is 1.50 bits per heavy atom. The van der Waals surface area contributed by atoms with E-state index < -0.39 is 0 Å². The van der Waals surface area contributed by atoms with Gasteiger partial charge in [-0.3, -0.25) is 0 Å². The molecule has 88 valence electrons. The lowest BCUT2D eigenvalue weighted by Gasteiger charge is -2.22. The molecule has 0 aromatic carbocycles. The number of ether oxygens (including phenoxy) is 2. The molecule has 0 spiro atoms. The number of nitrogens with zero attached hydrogens (tertiary/aromatic N) is 1. The number of aromatic nitrogens is 1. The SMILES string of the molecule is Clc1ncc(Br)cc1OCC1CCOCC1. The molecule has 1 saturated heterocycles. The average Bonchev–Trinajstić information content (AvgIpc) is 2.32. The van der Waals surface area contributed by atoms with E-state index in [0.717, 1.165) is 30.5 Å². The maximum Gasteiger partial charge on any atom is 0.171 e. The van der Waals surface area contributed by atoms with Crippen molar-refractivity contribution in [1.82, 2.24) is 4.98 Å². The molecule has 3 nitrogen and oxygen atoms in total. The molecule has 0 bridgehead atoms. The Labute approximate surface area is 108 Å². The molecular weight excluding hydrogens is 293 g/mol. The van der Waals surface area contributed by atoms with Crippen LogP contribution in [0, 0.1) is 5.92 Å². The van der Waals surface area contributed by atoms with E-state index in [4.69, 9.17) is 21.1 Å². The normalized spacial score (nSPS) is 17.4. The van der Waals surface area contributed by atoms with Crippen molar-refractivity contribution in [1.29, 1.82) is 0 Å². The molecule has 2 heterocycles. The van der Waals surface area contributed by atoms with E-state index in [1.807, 2.05) is 6.07 Å². The standard InChI is InChI=1S/C11H13BrClNO2/c12-9-5-10(11(13)14-6-9)16-7-8-1-3-15-4-2-8/h5-6,8H,1-4,7H2. The summed E-state index contributed by atoms with van der Waals surface area (Å²) in [5.41, 5.74) is 0. The van der Waals surface area contributed by atoms with Gasteiger partial charge in [0.2, 0.25) is 0 Å². The minimum atomic E-state index is 0.412. The summed E-state index contributed by atoms with van der Waals surface area (Å²) in [7, 11) is 0. The molecule has 0 unspecified atom stereocenters. The van der Waals surface area contributed by atoms with Crippen molar-refractivity contribution in [2.45, 2.75) is 12.8 Å². The van der Waals surface area contributed by atoms with E-state index in [-0.39, 0.29) is 0 Å². The van der Waals surface area contributed by atoms with Crippen molar-refractivity contribution in [2.24, 2.45) is 5.92 Å². The third kappa shape index (κ3) is 3.34. The Hall–Kier alpha value is -0.320. The molecule has 1 aliphatic heterocycles. The van der Waals surface area contributed by atoms with Crippen LogP contribution in [0.4, 0.5) is 0 Å². The number of hydrogen-bond acceptors (Lipinski definition) is 3. The molecule has 5 heteroatoms. The molecule has 1 fully saturated rings. The highest BCUT2D eigenvalue weighted by molar-refractivity contribution is 9.10. The summed E-state index contributed by atoms with van der Waals surface area (Å²) >= 11 is 9.27. The molecule has 0 radical (unpaired) electrons. The first-order chi connectivity index (χ1) is 7.75. The summed E-state index contributed by atoms with van der Waals surface area (Å²) in [5, 5.41) is 0.412. The minimum Gasteiger partial charge on any atom is -0.490 e. The second-order valence-corrected chi connectivity index (χ2v) is 5.08. The molecule has 0 saturated carbocycles. The first-order valence-corrected chi connectivity index (χ1v) is 6.44. The van der Waals surface area contributed by atoms with E-state index >= 15 is 0 Å². The highest BCUT2D eigenvalue weighted by Crippen LogP contribution is 2.26. The van der Waals surface area contributed by atoms with Gasteiger partial charge in [-0.15, -0.1) is 0 Å². The smallest absolute Gasteiger partial charge is 0.171 e. The van der Waals surface area contributed by atoms with Crippen molar-refractivity contribution in [3.05, 3.63) is 21.9 Å². The van der Waals surface area contributed by atoms with Gasteiger partial charge in [0.25, 0.3) is 0 Å². The van der Waals surface area contributed by atoms with Gasteiger partial charge in [-0.05, 0) is 40.8 Å². The van der Waals surface area contributed by atoms with Crippen molar-refractivity contribution >= 4 is 27.5 Å². The minimum absolute atomic E-state index is 0.412. The predicted molar refractivity (Wildman–Crippen MR) is 66.0 cm³/mol. The van der Waals surface area contributed by atoms with E-state index in [9.17, 15) is 0 Å². The van der Waals surface area contributed by atoms with Crippen LogP contribution in [0.15, 0.2) is 16.7 Å². The fourth-order valence-corrected chi connectivity index (χ4v) is 2.09. The van der Waals surface area contributed by atoms with Crippen molar-refractivity contribution in [2.75, 3.05) is 19.8 Å². The van der Waals surface area contributed by atoms with Crippen LogP contribution in [-0.4, -0.2) is 24.8 Å². The van der Waals surface area contributed by atoms with Crippen LogP contribution < -0.4 is 4.74 Å². The molecule has 1 aromatic heterocycles. The zero-order chi connectivity index (χ0) is 11.4. The van der Waals surface area contributed by atoms with Gasteiger partial charge < -0.3 is 9.47 Å². The van der Waals surface area contributed by atoms with E-state index in [1.165, 1.54) is 0 Å². The van der Waals surface area contributed by atoms with Gasteiger partial charge >= 0.3 is 0 Å². The predicted octanol–water partition coefficient (Wildman–Crippen LogP) is 3.30. The Bertz CT molecular complexity index is 356. The number of halogens is 2. The quantitative estimate of drug-likeness (QED) is 0.803. The van der Waals surface area contributed by atoms with Crippen LogP contribution >= 0.6 is 27.5 Å². The van der Waals surface area contributed by atoms with Crippen molar-refractivity contribution in [3.8, 4) is 5.75 Å². The van der Waals surface area contributed by atoms with Gasteiger partial charge in [-0.2, -0.15) is 0 Å². The van der Waals surface area contributed by atoms with Gasteiger partial charge in [0.05, 0.1) is 6.61 Å². The highest BCUT2D eigenvalue weighted by atomic mass is 79.9. The van der Waals surface area contributed by atoms with Crippen LogP contribution in [-0.2, 0) is 4.74 Å². The lowest BCUT2D eigenvalue weighted by molar-refractivity contribution is 0.0497. The maximum absolute atomic E-state index is 5.93. The Balaban J connectivity index is 1.90. The maximum atomic E-state index is 5.93. The highest BCUT2D eigenvalue weighted by Gasteiger charge is 2.15. The van der Waals surface area contributed by atoms with Gasteiger partial charge in [0.1, 0.15) is 0 Å². The molecule has 1 aliphatic rings. The largest absolute Gasteiger partial charge is 0.490 e. The molecule has 0 amide bonds. The Morgan fingerprint density at radius 2 is 2.25 bits per heavy atom. The third-order valence-corrected chi connectivity index (χ3v) is 3.31. The molecule has 0 atom stereocenters. The second-order valence-electron chi connectivity index (χ2n) is 3.81. The van der Waals surface area contributed by atoms with E-state index in [0.29, 0.717) is 23.4 Å². The van der Waals surface area contributed by atoms with E-state index in [2.05, 4.69) is 20.9 Å². The topological polar surface area (TPSA) is 31.4 Å². The molecule has 1 aromatic rings. The molecule has 16 heavy (non-hydrogen) atoms. The van der Waals surface area contributed by atoms with Crippen LogP contribution in [0.1, 0.15) is 12.8 Å². The molecule has 0 N–H and O–H groups in total. The fraction of sp³-hybridized carbons (Fsp3) is 0.545. The van der Waals surface area contributed by atoms with Gasteiger partial charge in [0, 0.05) is 23.9 Å². The summed E-state index contributed by atoms with van der Waals surface area (Å²) < 4.78 is 11.8. The number of rotatable bonds is 3. The van der Waals surface area contributed by atoms with Gasteiger partial charge in [0.15, 0.2) is 10.9 Å². The van der Waals surface area contributed by atoms with Gasteiger partial charge in [-0.25, -0.2) is 4.98 Å². The van der Waals surface area contributed by atoms with Crippen LogP contribution in [0.2, 0.25) is 5.15 Å². The summed E-state index contributed by atoms with van der Waals surface area (Å²) in [5.74, 6) is 1.20. The average molecular weight is 307 g/mol. The van der Waals surface area contributed by atoms with E-state index in [1.54, 1.807) is 6.20 Å². The summed E-state index contributed by atoms with van der Waals surface area (Å²) in [6.07, 6.45) is 3.77. The molecule has 2 rings (SSSR count). The van der Waals surface area contributed by atoms with Crippen molar-refractivity contribution < 1.29 is 9.47 Å². The molecule has 0 aliphatic carbocycles. The van der Waals surface area contributed by atoms with Crippen LogP contribution in [0.25, 0.3) is 0 Å². The first-order valence-electron chi connectivity index (χ1n) is 5.27. The second kappa shape index (κ2) is 5.84. The lowest BCUT2D eigenvalue weighted by atomic mass is 10.0. The Morgan fingerprint density at radius 3 is 3.00 bits per heavy atom. The Kier molecular flexibility index (Phi) is 4.44. The fourth-order valence-electron chi connectivity index (χ4n) is 1.63. The third-order valence-electron chi connectivity index (χ3n) is 2.59. The lowest BCUT2D eigenvalue weighted by Crippen LogP contribution is -2.21. The van der Waals surface area contributed by atoms with Crippen LogP contribution in [0.3, 0.4) is 0 Å². The molecular formula is C11H13BrClNO2. The zero-order valence-corrected chi connectivity index (χ0v) is 11.1. The number of hydrogen-bond donors (Lipinski definition) is 0. The van der Waals surface area contributed by atoms with Gasteiger partial charge in [-0.1, -0.05) is 11.6 Å². The van der Waals surface area contributed by atoms with Crippen molar-refractivity contribution in [3.63, 3.8) is 0 Å².